The smallest absolute Gasteiger partial charge is 0.137 e. The standard InChI is InChI=1S/C18H18N2O/c1-21-16-9-5-8-15-11-13-20-18(17(15)16)19-12-10-14-6-3-2-4-7-14/h2-9,11,13H,10,12H2,1H3,(H,19,20). The fourth-order valence-electron chi connectivity index (χ4n) is 2.47. The first kappa shape index (κ1) is 13.4. The number of rotatable bonds is 5. The molecular formula is C18H18N2O. The van der Waals surface area contributed by atoms with E-state index >= 15 is 0 Å². The van der Waals surface area contributed by atoms with Crippen LogP contribution in [0.25, 0.3) is 10.8 Å². The van der Waals surface area contributed by atoms with Crippen LogP contribution in [-0.4, -0.2) is 18.6 Å². The normalized spacial score (nSPS) is 10.5. The molecule has 0 saturated heterocycles. The number of nitrogens with one attached hydrogen (secondary N) is 1. The van der Waals surface area contributed by atoms with Crippen molar-refractivity contribution in [2.75, 3.05) is 19.0 Å². The summed E-state index contributed by atoms with van der Waals surface area (Å²) in [7, 11) is 1.69. The van der Waals surface area contributed by atoms with Gasteiger partial charge in [0.1, 0.15) is 11.6 Å². The summed E-state index contributed by atoms with van der Waals surface area (Å²) in [6.07, 6.45) is 2.79. The summed E-state index contributed by atoms with van der Waals surface area (Å²) in [6, 6.07) is 18.5. The fourth-order valence-corrected chi connectivity index (χ4v) is 2.47. The summed E-state index contributed by atoms with van der Waals surface area (Å²) >= 11 is 0. The molecule has 0 atom stereocenters. The van der Waals surface area contributed by atoms with E-state index in [9.17, 15) is 0 Å². The minimum atomic E-state index is 0.841. The Balaban J connectivity index is 1.81. The van der Waals surface area contributed by atoms with Gasteiger partial charge in [0.05, 0.1) is 12.5 Å². The second kappa shape index (κ2) is 6.27. The van der Waals surface area contributed by atoms with Crippen molar-refractivity contribution < 1.29 is 4.74 Å². The Morgan fingerprint density at radius 3 is 2.67 bits per heavy atom. The van der Waals surface area contributed by atoms with Crippen molar-refractivity contribution in [2.24, 2.45) is 0 Å². The molecule has 1 aromatic heterocycles. The van der Waals surface area contributed by atoms with Crippen LogP contribution in [0.2, 0.25) is 0 Å². The SMILES string of the molecule is COc1cccc2ccnc(NCCc3ccccc3)c12. The van der Waals surface area contributed by atoms with Crippen molar-refractivity contribution in [2.45, 2.75) is 6.42 Å². The predicted molar refractivity (Wildman–Crippen MR) is 86.9 cm³/mol. The van der Waals surface area contributed by atoms with E-state index in [1.165, 1.54) is 5.56 Å². The van der Waals surface area contributed by atoms with Gasteiger partial charge in [-0.05, 0) is 29.5 Å². The highest BCUT2D eigenvalue weighted by molar-refractivity contribution is 5.96. The third-order valence-corrected chi connectivity index (χ3v) is 3.52. The van der Waals surface area contributed by atoms with Gasteiger partial charge in [0.2, 0.25) is 0 Å². The maximum atomic E-state index is 5.45. The Morgan fingerprint density at radius 2 is 1.86 bits per heavy atom. The predicted octanol–water partition coefficient (Wildman–Crippen LogP) is 3.90. The van der Waals surface area contributed by atoms with Crippen LogP contribution in [0, 0.1) is 0 Å². The van der Waals surface area contributed by atoms with E-state index in [1.54, 1.807) is 7.11 Å². The van der Waals surface area contributed by atoms with Crippen LogP contribution in [0.5, 0.6) is 5.75 Å². The summed E-state index contributed by atoms with van der Waals surface area (Å²) < 4.78 is 5.45. The summed E-state index contributed by atoms with van der Waals surface area (Å²) in [4.78, 5) is 4.46. The van der Waals surface area contributed by atoms with Gasteiger partial charge in [0.15, 0.2) is 0 Å². The molecule has 0 aliphatic heterocycles. The Labute approximate surface area is 124 Å². The average molecular weight is 278 g/mol. The maximum Gasteiger partial charge on any atom is 0.137 e. The zero-order valence-corrected chi connectivity index (χ0v) is 12.0. The number of hydrogen-bond acceptors (Lipinski definition) is 3. The lowest BCUT2D eigenvalue weighted by Crippen LogP contribution is -2.07. The highest BCUT2D eigenvalue weighted by Crippen LogP contribution is 2.30. The number of anilines is 1. The lowest BCUT2D eigenvalue weighted by Gasteiger charge is -2.11. The molecule has 0 saturated carbocycles. The number of ether oxygens (including phenoxy) is 1. The first-order valence-electron chi connectivity index (χ1n) is 7.08. The van der Waals surface area contributed by atoms with E-state index in [0.717, 1.165) is 35.3 Å². The van der Waals surface area contributed by atoms with Crippen LogP contribution >= 0.6 is 0 Å². The quantitative estimate of drug-likeness (QED) is 0.768. The van der Waals surface area contributed by atoms with Crippen LogP contribution in [0.15, 0.2) is 60.8 Å². The van der Waals surface area contributed by atoms with Crippen molar-refractivity contribution >= 4 is 16.6 Å². The van der Waals surface area contributed by atoms with Crippen molar-refractivity contribution in [1.82, 2.24) is 4.98 Å². The van der Waals surface area contributed by atoms with Crippen molar-refractivity contribution in [3.05, 3.63) is 66.4 Å². The molecule has 1 N–H and O–H groups in total. The minimum Gasteiger partial charge on any atom is -0.496 e. The molecule has 1 heterocycles. The second-order valence-electron chi connectivity index (χ2n) is 4.88. The first-order chi connectivity index (χ1) is 10.4. The number of pyridine rings is 1. The number of hydrogen-bond donors (Lipinski definition) is 1. The van der Waals surface area contributed by atoms with E-state index in [4.69, 9.17) is 4.74 Å². The van der Waals surface area contributed by atoms with Gasteiger partial charge in [0.25, 0.3) is 0 Å². The van der Waals surface area contributed by atoms with Gasteiger partial charge in [-0.2, -0.15) is 0 Å². The van der Waals surface area contributed by atoms with Crippen molar-refractivity contribution in [3.63, 3.8) is 0 Å². The van der Waals surface area contributed by atoms with E-state index in [0.29, 0.717) is 0 Å². The Kier molecular flexibility index (Phi) is 4.01. The number of nitrogens with zero attached hydrogens (tertiary/aromatic N) is 1. The summed E-state index contributed by atoms with van der Waals surface area (Å²) in [5, 5.41) is 5.59. The van der Waals surface area contributed by atoms with E-state index < -0.39 is 0 Å². The zero-order valence-electron chi connectivity index (χ0n) is 12.0. The highest BCUT2D eigenvalue weighted by atomic mass is 16.5. The Bertz CT molecular complexity index is 720. The molecule has 0 unspecified atom stereocenters. The van der Waals surface area contributed by atoms with Crippen LogP contribution < -0.4 is 10.1 Å². The zero-order chi connectivity index (χ0) is 14.5. The lowest BCUT2D eigenvalue weighted by atomic mass is 10.1. The molecule has 0 aliphatic rings. The molecule has 0 amide bonds. The molecule has 0 bridgehead atoms. The lowest BCUT2D eigenvalue weighted by molar-refractivity contribution is 0.420. The summed E-state index contributed by atoms with van der Waals surface area (Å²) in [5.74, 6) is 1.73. The molecule has 0 spiro atoms. The molecule has 21 heavy (non-hydrogen) atoms. The Morgan fingerprint density at radius 1 is 1.00 bits per heavy atom. The van der Waals surface area contributed by atoms with Crippen LogP contribution in [0.1, 0.15) is 5.56 Å². The molecule has 3 heteroatoms. The third kappa shape index (κ3) is 2.97. The fraction of sp³-hybridized carbons (Fsp3) is 0.167. The number of benzene rings is 2. The van der Waals surface area contributed by atoms with E-state index in [2.05, 4.69) is 40.6 Å². The van der Waals surface area contributed by atoms with Crippen molar-refractivity contribution in [1.29, 1.82) is 0 Å². The first-order valence-corrected chi connectivity index (χ1v) is 7.08. The van der Waals surface area contributed by atoms with Gasteiger partial charge < -0.3 is 10.1 Å². The average Bonchev–Trinajstić information content (AvgIpc) is 2.55. The van der Waals surface area contributed by atoms with Gasteiger partial charge >= 0.3 is 0 Å². The molecule has 106 valence electrons. The molecule has 2 aromatic carbocycles. The number of methoxy groups -OCH3 is 1. The molecule has 3 rings (SSSR count). The number of aromatic nitrogens is 1. The molecule has 0 fully saturated rings. The van der Waals surface area contributed by atoms with Crippen LogP contribution in [-0.2, 0) is 6.42 Å². The highest BCUT2D eigenvalue weighted by Gasteiger charge is 2.07. The van der Waals surface area contributed by atoms with Crippen LogP contribution in [0.4, 0.5) is 5.82 Å². The maximum absolute atomic E-state index is 5.45. The molecular weight excluding hydrogens is 260 g/mol. The molecule has 3 aromatic rings. The monoisotopic (exact) mass is 278 g/mol. The van der Waals surface area contributed by atoms with E-state index in [-0.39, 0.29) is 0 Å². The largest absolute Gasteiger partial charge is 0.496 e. The second-order valence-corrected chi connectivity index (χ2v) is 4.88. The summed E-state index contributed by atoms with van der Waals surface area (Å²) in [5.41, 5.74) is 1.32. The minimum absolute atomic E-state index is 0.841. The molecule has 3 nitrogen and oxygen atoms in total. The number of fused-ring (bicyclic) bond motifs is 1. The third-order valence-electron chi connectivity index (χ3n) is 3.52. The summed E-state index contributed by atoms with van der Waals surface area (Å²) in [6.45, 7) is 0.841. The Hall–Kier alpha value is -2.55. The van der Waals surface area contributed by atoms with Gasteiger partial charge in [-0.15, -0.1) is 0 Å². The van der Waals surface area contributed by atoms with Crippen LogP contribution in [0.3, 0.4) is 0 Å². The van der Waals surface area contributed by atoms with Gasteiger partial charge in [-0.25, -0.2) is 4.98 Å². The molecule has 0 radical (unpaired) electrons. The molecule has 0 aliphatic carbocycles. The van der Waals surface area contributed by atoms with E-state index in [1.807, 2.05) is 30.5 Å². The van der Waals surface area contributed by atoms with Gasteiger partial charge in [0, 0.05) is 12.7 Å². The topological polar surface area (TPSA) is 34.1 Å². The van der Waals surface area contributed by atoms with Gasteiger partial charge in [-0.1, -0.05) is 42.5 Å². The van der Waals surface area contributed by atoms with Gasteiger partial charge in [-0.3, -0.25) is 0 Å². The van der Waals surface area contributed by atoms with Crippen molar-refractivity contribution in [3.8, 4) is 5.75 Å².